The molecule has 2 aromatic carbocycles. The number of amides is 2. The van der Waals surface area contributed by atoms with E-state index in [-0.39, 0.29) is 11.8 Å². The van der Waals surface area contributed by atoms with E-state index in [2.05, 4.69) is 21.2 Å². The summed E-state index contributed by atoms with van der Waals surface area (Å²) in [5, 5.41) is 3.66. The molecule has 0 bridgehead atoms. The molecule has 1 aliphatic heterocycles. The Kier molecular flexibility index (Phi) is 7.71. The first kappa shape index (κ1) is 22.1. The molecule has 2 aromatic rings. The summed E-state index contributed by atoms with van der Waals surface area (Å²) in [7, 11) is 0. The molecule has 0 unspecified atom stereocenters. The highest BCUT2D eigenvalue weighted by molar-refractivity contribution is 6.30. The van der Waals surface area contributed by atoms with Crippen molar-refractivity contribution in [1.82, 2.24) is 9.80 Å². The molecular weight excluding hydrogens is 400 g/mol. The van der Waals surface area contributed by atoms with Crippen LogP contribution in [0.2, 0.25) is 5.02 Å². The van der Waals surface area contributed by atoms with Crippen LogP contribution < -0.4 is 10.2 Å². The molecule has 6 nitrogen and oxygen atoms in total. The molecule has 1 saturated heterocycles. The Morgan fingerprint density at radius 1 is 1.00 bits per heavy atom. The number of anilines is 2. The van der Waals surface area contributed by atoms with Crippen LogP contribution in [0.4, 0.5) is 11.4 Å². The lowest BCUT2D eigenvalue weighted by atomic mass is 10.1. The van der Waals surface area contributed by atoms with Gasteiger partial charge in [0.25, 0.3) is 5.91 Å². The molecule has 3 rings (SSSR count). The van der Waals surface area contributed by atoms with Crippen molar-refractivity contribution in [3.63, 3.8) is 0 Å². The molecular formula is C23H29ClN4O2. The predicted octanol–water partition coefficient (Wildman–Crippen LogP) is 3.58. The average Bonchev–Trinajstić information content (AvgIpc) is 2.75. The highest BCUT2D eigenvalue weighted by Gasteiger charge is 2.20. The number of hydrogen-bond acceptors (Lipinski definition) is 4. The first-order valence-corrected chi connectivity index (χ1v) is 10.8. The molecule has 0 radical (unpaired) electrons. The van der Waals surface area contributed by atoms with E-state index >= 15 is 0 Å². The molecule has 0 saturated carbocycles. The molecule has 0 aliphatic carbocycles. The zero-order valence-corrected chi connectivity index (χ0v) is 18.4. The van der Waals surface area contributed by atoms with Crippen LogP contribution in [0.15, 0.2) is 48.5 Å². The van der Waals surface area contributed by atoms with Gasteiger partial charge in [-0.2, -0.15) is 0 Å². The van der Waals surface area contributed by atoms with Gasteiger partial charge in [-0.05, 0) is 50.2 Å². The van der Waals surface area contributed by atoms with E-state index in [1.54, 1.807) is 23.1 Å². The molecule has 1 N–H and O–H groups in total. The topological polar surface area (TPSA) is 55.9 Å². The lowest BCUT2D eigenvalue weighted by Gasteiger charge is -2.35. The highest BCUT2D eigenvalue weighted by Crippen LogP contribution is 2.21. The van der Waals surface area contributed by atoms with Gasteiger partial charge in [0.2, 0.25) is 5.91 Å². The number of nitrogens with zero attached hydrogens (tertiary/aromatic N) is 3. The fraction of sp³-hybridized carbons (Fsp3) is 0.391. The first-order chi connectivity index (χ1) is 14.5. The van der Waals surface area contributed by atoms with Crippen molar-refractivity contribution >= 4 is 34.8 Å². The zero-order chi connectivity index (χ0) is 21.5. The van der Waals surface area contributed by atoms with Gasteiger partial charge in [-0.3, -0.25) is 14.5 Å². The summed E-state index contributed by atoms with van der Waals surface area (Å²) in [6.45, 7) is 8.87. The molecule has 1 fully saturated rings. The van der Waals surface area contributed by atoms with Gasteiger partial charge in [0.05, 0.1) is 6.54 Å². The molecule has 1 heterocycles. The van der Waals surface area contributed by atoms with Crippen LogP contribution in [0, 0.1) is 0 Å². The second-order valence-corrected chi connectivity index (χ2v) is 7.79. The van der Waals surface area contributed by atoms with Crippen LogP contribution in [0.5, 0.6) is 0 Å². The monoisotopic (exact) mass is 428 g/mol. The molecule has 160 valence electrons. The van der Waals surface area contributed by atoms with Crippen molar-refractivity contribution in [2.45, 2.75) is 13.8 Å². The summed E-state index contributed by atoms with van der Waals surface area (Å²) in [6.07, 6.45) is 0. The van der Waals surface area contributed by atoms with Crippen molar-refractivity contribution in [3.8, 4) is 0 Å². The van der Waals surface area contributed by atoms with Gasteiger partial charge in [-0.1, -0.05) is 23.7 Å². The summed E-state index contributed by atoms with van der Waals surface area (Å²) in [4.78, 5) is 31.2. The third-order valence-corrected chi connectivity index (χ3v) is 5.59. The predicted molar refractivity (Wildman–Crippen MR) is 122 cm³/mol. The Bertz CT molecular complexity index is 877. The number of hydrogen-bond donors (Lipinski definition) is 1. The van der Waals surface area contributed by atoms with Crippen molar-refractivity contribution in [2.75, 3.05) is 56.0 Å². The van der Waals surface area contributed by atoms with Crippen molar-refractivity contribution < 1.29 is 9.59 Å². The highest BCUT2D eigenvalue weighted by atomic mass is 35.5. The molecule has 1 aliphatic rings. The van der Waals surface area contributed by atoms with Crippen molar-refractivity contribution in [2.24, 2.45) is 0 Å². The fourth-order valence-corrected chi connectivity index (χ4v) is 3.85. The van der Waals surface area contributed by atoms with Crippen LogP contribution in [0.25, 0.3) is 0 Å². The van der Waals surface area contributed by atoms with Gasteiger partial charge >= 0.3 is 0 Å². The van der Waals surface area contributed by atoms with Gasteiger partial charge in [0, 0.05) is 61.2 Å². The Hall–Kier alpha value is -2.57. The summed E-state index contributed by atoms with van der Waals surface area (Å²) < 4.78 is 0. The quantitative estimate of drug-likeness (QED) is 0.732. The van der Waals surface area contributed by atoms with Crippen LogP contribution in [0.3, 0.4) is 0 Å². The number of carbonyl (C=O) groups excluding carboxylic acids is 2. The third-order valence-electron chi connectivity index (χ3n) is 5.36. The third kappa shape index (κ3) is 5.74. The fourth-order valence-electron chi connectivity index (χ4n) is 3.66. The van der Waals surface area contributed by atoms with Crippen molar-refractivity contribution in [1.29, 1.82) is 0 Å². The molecule has 0 aromatic heterocycles. The summed E-state index contributed by atoms with van der Waals surface area (Å²) >= 11 is 6.09. The van der Waals surface area contributed by atoms with Gasteiger partial charge in [-0.15, -0.1) is 0 Å². The standard InChI is InChI=1S/C23H29ClN4O2/c1-3-27(4-2)23(30)18-7-5-9-20(15-18)25-22(29)17-26-11-13-28(14-12-26)21-10-6-8-19(24)16-21/h5-10,15-16H,3-4,11-14,17H2,1-2H3,(H,25,29). The van der Waals surface area contributed by atoms with E-state index in [4.69, 9.17) is 11.6 Å². The van der Waals surface area contributed by atoms with E-state index in [1.165, 1.54) is 0 Å². The number of benzene rings is 2. The van der Waals surface area contributed by atoms with Gasteiger partial charge in [0.1, 0.15) is 0 Å². The van der Waals surface area contributed by atoms with E-state index in [1.807, 2.05) is 38.1 Å². The summed E-state index contributed by atoms with van der Waals surface area (Å²) in [5.41, 5.74) is 2.35. The molecule has 30 heavy (non-hydrogen) atoms. The van der Waals surface area contributed by atoms with Crippen molar-refractivity contribution in [3.05, 3.63) is 59.1 Å². The minimum absolute atomic E-state index is 0.0202. The normalized spacial score (nSPS) is 14.4. The van der Waals surface area contributed by atoms with E-state index in [0.717, 1.165) is 36.9 Å². The SMILES string of the molecule is CCN(CC)C(=O)c1cccc(NC(=O)CN2CCN(c3cccc(Cl)c3)CC2)c1. The maximum atomic E-state index is 12.5. The minimum Gasteiger partial charge on any atom is -0.369 e. The summed E-state index contributed by atoms with van der Waals surface area (Å²) in [6, 6.07) is 15.0. The lowest BCUT2D eigenvalue weighted by molar-refractivity contribution is -0.117. The second kappa shape index (κ2) is 10.5. The zero-order valence-electron chi connectivity index (χ0n) is 17.6. The average molecular weight is 429 g/mol. The van der Waals surface area contributed by atoms with E-state index in [9.17, 15) is 9.59 Å². The smallest absolute Gasteiger partial charge is 0.253 e. The second-order valence-electron chi connectivity index (χ2n) is 7.35. The molecule has 0 atom stereocenters. The van der Waals surface area contributed by atoms with E-state index < -0.39 is 0 Å². The number of piperazine rings is 1. The Labute approximate surface area is 183 Å². The van der Waals surface area contributed by atoms with Gasteiger partial charge < -0.3 is 15.1 Å². The number of nitrogens with one attached hydrogen (secondary N) is 1. The number of halogens is 1. The maximum Gasteiger partial charge on any atom is 0.253 e. The molecule has 7 heteroatoms. The van der Waals surface area contributed by atoms with Gasteiger partial charge in [-0.25, -0.2) is 0 Å². The van der Waals surface area contributed by atoms with Crippen LogP contribution in [0.1, 0.15) is 24.2 Å². The lowest BCUT2D eigenvalue weighted by Crippen LogP contribution is -2.48. The largest absolute Gasteiger partial charge is 0.369 e. The molecule has 0 spiro atoms. The Balaban J connectivity index is 1.52. The maximum absolute atomic E-state index is 12.5. The van der Waals surface area contributed by atoms with Crippen LogP contribution >= 0.6 is 11.6 Å². The number of rotatable bonds is 7. The van der Waals surface area contributed by atoms with Gasteiger partial charge in [0.15, 0.2) is 0 Å². The Morgan fingerprint density at radius 2 is 1.70 bits per heavy atom. The van der Waals surface area contributed by atoms with Crippen LogP contribution in [-0.4, -0.2) is 67.4 Å². The Morgan fingerprint density at radius 3 is 2.37 bits per heavy atom. The number of carbonyl (C=O) groups is 2. The van der Waals surface area contributed by atoms with Crippen LogP contribution in [-0.2, 0) is 4.79 Å². The molecule has 2 amide bonds. The van der Waals surface area contributed by atoms with E-state index in [0.29, 0.717) is 30.9 Å². The summed E-state index contributed by atoms with van der Waals surface area (Å²) in [5.74, 6) is -0.0909. The first-order valence-electron chi connectivity index (χ1n) is 10.4. The minimum atomic E-state index is -0.0707.